The molecule has 0 unspecified atom stereocenters. The molecule has 0 radical (unpaired) electrons. The lowest BCUT2D eigenvalue weighted by molar-refractivity contribution is -0.126. The van der Waals surface area contributed by atoms with Gasteiger partial charge in [0.05, 0.1) is 24.5 Å². The van der Waals surface area contributed by atoms with Gasteiger partial charge < -0.3 is 10.6 Å². The van der Waals surface area contributed by atoms with Crippen molar-refractivity contribution in [3.05, 3.63) is 35.2 Å². The molecule has 0 aliphatic carbocycles. The van der Waals surface area contributed by atoms with E-state index < -0.39 is 12.6 Å². The van der Waals surface area contributed by atoms with Gasteiger partial charge in [0.2, 0.25) is 0 Å². The summed E-state index contributed by atoms with van der Waals surface area (Å²) < 4.78 is 40.3. The summed E-state index contributed by atoms with van der Waals surface area (Å²) in [5.41, 5.74) is 6.98. The smallest absolute Gasteiger partial charge is 0.355 e. The SMILES string of the molecule is NCCn1cc(CN2CC3(CCN(c4ncnc5sc(CC(F)(F)F)cc45)C3)C2)cn1. The fourth-order valence-corrected chi connectivity index (χ4v) is 5.84. The Hall–Kier alpha value is -2.24. The highest BCUT2D eigenvalue weighted by Gasteiger charge is 2.48. The third-order valence-corrected chi connectivity index (χ3v) is 7.08. The molecule has 3 aromatic heterocycles. The Morgan fingerprint density at radius 1 is 1.19 bits per heavy atom. The lowest BCUT2D eigenvalue weighted by Gasteiger charge is -2.48. The Bertz CT molecular complexity index is 1070. The number of hydrogen-bond donors (Lipinski definition) is 1. The number of fused-ring (bicyclic) bond motifs is 1. The highest BCUT2D eigenvalue weighted by Crippen LogP contribution is 2.43. The number of likely N-dealkylation sites (tertiary alicyclic amines) is 1. The van der Waals surface area contributed by atoms with E-state index in [0.29, 0.717) is 11.4 Å². The summed E-state index contributed by atoms with van der Waals surface area (Å²) >= 11 is 1.10. The second kappa shape index (κ2) is 7.72. The topological polar surface area (TPSA) is 76.1 Å². The van der Waals surface area contributed by atoms with Crippen LogP contribution in [0.4, 0.5) is 19.0 Å². The molecule has 3 aromatic rings. The number of nitrogens with zero attached hydrogens (tertiary/aromatic N) is 6. The predicted octanol–water partition coefficient (Wildman–Crippen LogP) is 2.66. The fourth-order valence-electron chi connectivity index (χ4n) is 4.82. The molecule has 2 fully saturated rings. The summed E-state index contributed by atoms with van der Waals surface area (Å²) in [5, 5.41) is 5.06. The van der Waals surface area contributed by atoms with Crippen LogP contribution in [0.1, 0.15) is 16.9 Å². The lowest BCUT2D eigenvalue weighted by Crippen LogP contribution is -2.56. The number of rotatable bonds is 6. The Balaban J connectivity index is 1.24. The van der Waals surface area contributed by atoms with Gasteiger partial charge in [-0.25, -0.2) is 9.97 Å². The molecular formula is C20H24F3N7S. The molecule has 2 N–H and O–H groups in total. The van der Waals surface area contributed by atoms with E-state index in [0.717, 1.165) is 68.2 Å². The van der Waals surface area contributed by atoms with Crippen molar-refractivity contribution >= 4 is 27.4 Å². The van der Waals surface area contributed by atoms with E-state index in [4.69, 9.17) is 5.73 Å². The minimum atomic E-state index is -4.22. The van der Waals surface area contributed by atoms with Gasteiger partial charge >= 0.3 is 6.18 Å². The van der Waals surface area contributed by atoms with Crippen molar-refractivity contribution in [1.82, 2.24) is 24.6 Å². The molecule has 31 heavy (non-hydrogen) atoms. The van der Waals surface area contributed by atoms with Gasteiger partial charge in [0.25, 0.3) is 0 Å². The number of nitrogens with two attached hydrogens (primary N) is 1. The standard InChI is InChI=1S/C20H24F3N7S/c21-20(22,23)6-15-5-16-17(25-13-26-18(16)31-15)29-3-1-19(12-29)10-28(11-19)8-14-7-27-30(9-14)4-2-24/h5,7,9,13H,1-4,6,8,10-12,24H2. The summed E-state index contributed by atoms with van der Waals surface area (Å²) in [4.78, 5) is 14.2. The van der Waals surface area contributed by atoms with E-state index in [1.165, 1.54) is 11.9 Å². The molecule has 7 nitrogen and oxygen atoms in total. The summed E-state index contributed by atoms with van der Waals surface area (Å²) in [6, 6.07) is 1.61. The number of anilines is 1. The predicted molar refractivity (Wildman–Crippen MR) is 113 cm³/mol. The van der Waals surface area contributed by atoms with Gasteiger partial charge in [-0.05, 0) is 12.5 Å². The first-order chi connectivity index (χ1) is 14.8. The van der Waals surface area contributed by atoms with E-state index >= 15 is 0 Å². The molecule has 2 saturated heterocycles. The largest absolute Gasteiger partial charge is 0.393 e. The maximum Gasteiger partial charge on any atom is 0.393 e. The van der Waals surface area contributed by atoms with Crippen LogP contribution in [0, 0.1) is 5.41 Å². The van der Waals surface area contributed by atoms with Crippen molar-refractivity contribution in [3.63, 3.8) is 0 Å². The van der Waals surface area contributed by atoms with Crippen molar-refractivity contribution in [3.8, 4) is 0 Å². The molecule has 2 aliphatic heterocycles. The van der Waals surface area contributed by atoms with E-state index in [2.05, 4.69) is 24.9 Å². The number of halogens is 3. The van der Waals surface area contributed by atoms with Gasteiger partial charge in [0, 0.05) is 61.3 Å². The molecular weight excluding hydrogens is 427 g/mol. The van der Waals surface area contributed by atoms with Crippen LogP contribution in [0.15, 0.2) is 24.8 Å². The van der Waals surface area contributed by atoms with Crippen LogP contribution in [-0.2, 0) is 19.5 Å². The van der Waals surface area contributed by atoms with E-state index in [9.17, 15) is 13.2 Å². The Kier molecular flexibility index (Phi) is 5.14. The highest BCUT2D eigenvalue weighted by atomic mass is 32.1. The second-order valence-corrected chi connectivity index (χ2v) is 9.75. The molecule has 0 saturated carbocycles. The van der Waals surface area contributed by atoms with Crippen LogP contribution in [0.3, 0.4) is 0 Å². The Labute approximate surface area is 181 Å². The molecule has 5 rings (SSSR count). The molecule has 0 amide bonds. The number of alkyl halides is 3. The first kappa shape index (κ1) is 20.7. The molecule has 1 spiro atoms. The first-order valence-corrected chi connectivity index (χ1v) is 11.1. The molecule has 5 heterocycles. The van der Waals surface area contributed by atoms with Crippen molar-refractivity contribution in [1.29, 1.82) is 0 Å². The van der Waals surface area contributed by atoms with Gasteiger partial charge in [0.1, 0.15) is 17.0 Å². The van der Waals surface area contributed by atoms with Gasteiger partial charge in [-0.2, -0.15) is 18.3 Å². The van der Waals surface area contributed by atoms with Crippen LogP contribution < -0.4 is 10.6 Å². The summed E-state index contributed by atoms with van der Waals surface area (Å²) in [6.45, 7) is 5.90. The Morgan fingerprint density at radius 2 is 2.03 bits per heavy atom. The molecule has 0 atom stereocenters. The normalized spacial score (nSPS) is 18.9. The van der Waals surface area contributed by atoms with Crippen molar-refractivity contribution in [2.24, 2.45) is 11.1 Å². The quantitative estimate of drug-likeness (QED) is 0.621. The number of thiophene rings is 1. The molecule has 166 valence electrons. The van der Waals surface area contributed by atoms with Crippen LogP contribution >= 0.6 is 11.3 Å². The molecule has 0 bridgehead atoms. The lowest BCUT2D eigenvalue weighted by atomic mass is 9.79. The third kappa shape index (κ3) is 4.26. The summed E-state index contributed by atoms with van der Waals surface area (Å²) in [7, 11) is 0. The monoisotopic (exact) mass is 451 g/mol. The van der Waals surface area contributed by atoms with E-state index in [-0.39, 0.29) is 10.3 Å². The Morgan fingerprint density at radius 3 is 2.81 bits per heavy atom. The van der Waals surface area contributed by atoms with Gasteiger partial charge in [-0.3, -0.25) is 9.58 Å². The minimum Gasteiger partial charge on any atom is -0.355 e. The minimum absolute atomic E-state index is 0.218. The molecule has 11 heteroatoms. The number of aromatic nitrogens is 4. The van der Waals surface area contributed by atoms with E-state index in [1.807, 2.05) is 17.1 Å². The average molecular weight is 452 g/mol. The zero-order valence-electron chi connectivity index (χ0n) is 17.0. The van der Waals surface area contributed by atoms with Crippen molar-refractivity contribution in [2.75, 3.05) is 37.6 Å². The third-order valence-electron chi connectivity index (χ3n) is 6.04. The molecule has 2 aliphatic rings. The van der Waals surface area contributed by atoms with Crippen molar-refractivity contribution in [2.45, 2.75) is 32.1 Å². The zero-order valence-corrected chi connectivity index (χ0v) is 17.8. The van der Waals surface area contributed by atoms with Crippen LogP contribution in [0.25, 0.3) is 10.2 Å². The summed E-state index contributed by atoms with van der Waals surface area (Å²) in [5.74, 6) is 0.757. The maximum atomic E-state index is 12.8. The van der Waals surface area contributed by atoms with Gasteiger partial charge in [-0.15, -0.1) is 11.3 Å². The van der Waals surface area contributed by atoms with Crippen molar-refractivity contribution < 1.29 is 13.2 Å². The molecule has 0 aromatic carbocycles. The summed E-state index contributed by atoms with van der Waals surface area (Å²) in [6.07, 6.45) is 1.32. The van der Waals surface area contributed by atoms with Gasteiger partial charge in [0.15, 0.2) is 0 Å². The van der Waals surface area contributed by atoms with Crippen LogP contribution in [-0.4, -0.2) is 63.5 Å². The van der Waals surface area contributed by atoms with E-state index in [1.54, 1.807) is 6.07 Å². The first-order valence-electron chi connectivity index (χ1n) is 10.3. The number of hydrogen-bond acceptors (Lipinski definition) is 7. The average Bonchev–Trinajstić information content (AvgIpc) is 3.38. The fraction of sp³-hybridized carbons (Fsp3) is 0.550. The second-order valence-electron chi connectivity index (χ2n) is 8.64. The highest BCUT2D eigenvalue weighted by molar-refractivity contribution is 7.18. The van der Waals surface area contributed by atoms with Gasteiger partial charge in [-0.1, -0.05) is 0 Å². The van der Waals surface area contributed by atoms with Crippen LogP contribution in [0.2, 0.25) is 0 Å². The van der Waals surface area contributed by atoms with Crippen LogP contribution in [0.5, 0.6) is 0 Å². The maximum absolute atomic E-state index is 12.8. The zero-order chi connectivity index (χ0) is 21.6.